The Morgan fingerprint density at radius 3 is 2.72 bits per heavy atom. The van der Waals surface area contributed by atoms with Gasteiger partial charge in [0.1, 0.15) is 0 Å². The Hall–Kier alpha value is -3.73. The zero-order valence-corrected chi connectivity index (χ0v) is 20.3. The first-order valence-electron chi connectivity index (χ1n) is 11.7. The number of benzene rings is 1. The van der Waals surface area contributed by atoms with E-state index in [1.54, 1.807) is 16.9 Å². The Morgan fingerprint density at radius 1 is 1.11 bits per heavy atom. The van der Waals surface area contributed by atoms with E-state index < -0.39 is 11.7 Å². The van der Waals surface area contributed by atoms with Crippen molar-refractivity contribution >= 4 is 11.8 Å². The molecule has 36 heavy (non-hydrogen) atoms. The van der Waals surface area contributed by atoms with Crippen LogP contribution in [0.5, 0.6) is 0 Å². The van der Waals surface area contributed by atoms with E-state index in [-0.39, 0.29) is 0 Å². The lowest BCUT2D eigenvalue weighted by molar-refractivity contribution is -0.137. The third-order valence-electron chi connectivity index (χ3n) is 6.25. The Morgan fingerprint density at radius 2 is 1.94 bits per heavy atom. The summed E-state index contributed by atoms with van der Waals surface area (Å²) in [5.41, 5.74) is 4.25. The van der Waals surface area contributed by atoms with Gasteiger partial charge in [0.05, 0.1) is 29.2 Å². The largest absolute Gasteiger partial charge is 0.416 e. The molecule has 1 N–H and O–H groups in total. The van der Waals surface area contributed by atoms with Crippen molar-refractivity contribution in [3.05, 3.63) is 70.8 Å². The summed E-state index contributed by atoms with van der Waals surface area (Å²) in [6.45, 7) is 1.63. The van der Waals surface area contributed by atoms with Gasteiger partial charge in [0.2, 0.25) is 5.95 Å². The summed E-state index contributed by atoms with van der Waals surface area (Å²) in [4.78, 5) is 11.4. The minimum atomic E-state index is -4.39. The van der Waals surface area contributed by atoms with Gasteiger partial charge in [-0.25, -0.2) is 9.97 Å². The predicted octanol–water partition coefficient (Wildman–Crippen LogP) is 4.09. The van der Waals surface area contributed by atoms with E-state index in [0.29, 0.717) is 23.8 Å². The monoisotopic (exact) mass is 496 g/mol. The predicted molar refractivity (Wildman–Crippen MR) is 130 cm³/mol. The third kappa shape index (κ3) is 4.97. The zero-order valence-electron chi connectivity index (χ0n) is 20.3. The van der Waals surface area contributed by atoms with Crippen LogP contribution in [0.2, 0.25) is 0 Å². The Balaban J connectivity index is 1.44. The molecule has 4 aromatic rings. The second-order valence-electron chi connectivity index (χ2n) is 9.23. The van der Waals surface area contributed by atoms with E-state index in [1.807, 2.05) is 38.1 Å². The number of fused-ring (bicyclic) bond motifs is 3. The number of nitrogens with zero attached hydrogens (tertiary/aromatic N) is 7. The molecule has 0 radical (unpaired) electrons. The standard InChI is InChI=1S/C25H27F3N8/c1-34(2)11-12-36-10-9-21(33-36)30-24-29-15-17-7-8-19-22(23(17)31-24)20(35(3)32-19)14-16-5-4-6-18(13-16)25(26,27)28/h4-6,9-10,13,15H,7-8,11-12,14H2,1-3H3,(H,29,30,31,33). The second kappa shape index (κ2) is 9.38. The van der Waals surface area contributed by atoms with Crippen molar-refractivity contribution in [1.82, 2.24) is 34.4 Å². The van der Waals surface area contributed by atoms with Crippen molar-refractivity contribution < 1.29 is 13.2 Å². The summed E-state index contributed by atoms with van der Waals surface area (Å²) < 4.78 is 43.4. The van der Waals surface area contributed by atoms with Gasteiger partial charge in [-0.2, -0.15) is 23.4 Å². The molecule has 0 spiro atoms. The SMILES string of the molecule is CN(C)CCn1ccc(Nc2ncc3c(n2)-c2c(nn(C)c2Cc2cccc(C(F)(F)F)c2)CC3)n1. The molecular weight excluding hydrogens is 469 g/mol. The van der Waals surface area contributed by atoms with Gasteiger partial charge in [0.25, 0.3) is 0 Å². The quantitative estimate of drug-likeness (QED) is 0.416. The maximum atomic E-state index is 13.2. The smallest absolute Gasteiger partial charge is 0.308 e. The van der Waals surface area contributed by atoms with Crippen molar-refractivity contribution in [2.75, 3.05) is 26.0 Å². The molecule has 0 saturated carbocycles. The molecular formula is C25H27F3N8. The third-order valence-corrected chi connectivity index (χ3v) is 6.25. The second-order valence-corrected chi connectivity index (χ2v) is 9.23. The van der Waals surface area contributed by atoms with Gasteiger partial charge in [-0.15, -0.1) is 0 Å². The lowest BCUT2D eigenvalue weighted by Gasteiger charge is -2.17. The Kier molecular flexibility index (Phi) is 6.25. The van der Waals surface area contributed by atoms with Crippen molar-refractivity contribution in [1.29, 1.82) is 0 Å². The molecule has 11 heteroatoms. The molecule has 1 aliphatic carbocycles. The number of anilines is 2. The average Bonchev–Trinajstić information content (AvgIpc) is 3.41. The van der Waals surface area contributed by atoms with E-state index in [2.05, 4.69) is 25.4 Å². The lowest BCUT2D eigenvalue weighted by Crippen LogP contribution is -2.18. The van der Waals surface area contributed by atoms with E-state index in [4.69, 9.17) is 4.98 Å². The topological polar surface area (TPSA) is 76.7 Å². The van der Waals surface area contributed by atoms with Crippen LogP contribution in [0.25, 0.3) is 11.3 Å². The van der Waals surface area contributed by atoms with Crippen LogP contribution in [0.1, 0.15) is 28.1 Å². The first-order chi connectivity index (χ1) is 17.2. The van der Waals surface area contributed by atoms with Crippen molar-refractivity contribution in [2.24, 2.45) is 7.05 Å². The summed E-state index contributed by atoms with van der Waals surface area (Å²) in [6.07, 6.45) is 1.11. The summed E-state index contributed by atoms with van der Waals surface area (Å²) in [5, 5.41) is 12.4. The van der Waals surface area contributed by atoms with Gasteiger partial charge >= 0.3 is 6.18 Å². The highest BCUT2D eigenvalue weighted by Gasteiger charge is 2.31. The molecule has 0 amide bonds. The number of aryl methyl sites for hydroxylation is 3. The van der Waals surface area contributed by atoms with Gasteiger partial charge in [-0.05, 0) is 44.1 Å². The number of alkyl halides is 3. The Bertz CT molecular complexity index is 1390. The highest BCUT2D eigenvalue weighted by molar-refractivity contribution is 5.72. The fraction of sp³-hybridized carbons (Fsp3) is 0.360. The molecule has 5 rings (SSSR count). The molecule has 0 aliphatic heterocycles. The number of hydrogen-bond acceptors (Lipinski definition) is 6. The Labute approximate surface area is 206 Å². The number of aromatic nitrogens is 6. The van der Waals surface area contributed by atoms with Crippen molar-refractivity contribution in [2.45, 2.75) is 32.0 Å². The highest BCUT2D eigenvalue weighted by Crippen LogP contribution is 2.36. The van der Waals surface area contributed by atoms with Gasteiger partial charge in [0, 0.05) is 44.0 Å². The number of halogens is 3. The van der Waals surface area contributed by atoms with Crippen LogP contribution in [-0.4, -0.2) is 55.1 Å². The fourth-order valence-electron chi connectivity index (χ4n) is 4.41. The van der Waals surface area contributed by atoms with Crippen LogP contribution in [0.15, 0.2) is 42.7 Å². The van der Waals surface area contributed by atoms with Crippen LogP contribution >= 0.6 is 0 Å². The van der Waals surface area contributed by atoms with Gasteiger partial charge in [-0.3, -0.25) is 9.36 Å². The summed E-state index contributed by atoms with van der Waals surface area (Å²) in [5.74, 6) is 1.05. The minimum absolute atomic E-state index is 0.311. The lowest BCUT2D eigenvalue weighted by atomic mass is 9.91. The molecule has 0 bridgehead atoms. The van der Waals surface area contributed by atoms with Crippen LogP contribution in [0, 0.1) is 0 Å². The highest BCUT2D eigenvalue weighted by atomic mass is 19.4. The van der Waals surface area contributed by atoms with Crippen molar-refractivity contribution in [3.8, 4) is 11.3 Å². The van der Waals surface area contributed by atoms with Crippen molar-refractivity contribution in [3.63, 3.8) is 0 Å². The molecule has 1 aliphatic rings. The first kappa shape index (κ1) is 24.0. The first-order valence-corrected chi connectivity index (χ1v) is 11.7. The molecule has 8 nitrogen and oxygen atoms in total. The molecule has 0 saturated heterocycles. The van der Waals surface area contributed by atoms with Crippen LogP contribution in [0.4, 0.5) is 24.9 Å². The number of likely N-dealkylation sites (N-methyl/N-ethyl adjacent to an activating group) is 1. The van der Waals surface area contributed by atoms with Crippen LogP contribution < -0.4 is 5.32 Å². The van der Waals surface area contributed by atoms with E-state index in [9.17, 15) is 13.2 Å². The summed E-state index contributed by atoms with van der Waals surface area (Å²) in [7, 11) is 5.84. The minimum Gasteiger partial charge on any atom is -0.308 e. The maximum Gasteiger partial charge on any atom is 0.416 e. The van der Waals surface area contributed by atoms with E-state index >= 15 is 0 Å². The molecule has 1 aromatic carbocycles. The normalized spacial score (nSPS) is 13.1. The van der Waals surface area contributed by atoms with Crippen LogP contribution in [0.3, 0.4) is 0 Å². The average molecular weight is 497 g/mol. The number of rotatable bonds is 7. The number of nitrogens with one attached hydrogen (secondary N) is 1. The van der Waals surface area contributed by atoms with Gasteiger partial charge in [-0.1, -0.05) is 18.2 Å². The molecule has 188 valence electrons. The maximum absolute atomic E-state index is 13.2. The van der Waals surface area contributed by atoms with E-state index in [1.165, 1.54) is 12.1 Å². The van der Waals surface area contributed by atoms with E-state index in [0.717, 1.165) is 60.2 Å². The fourth-order valence-corrected chi connectivity index (χ4v) is 4.41. The van der Waals surface area contributed by atoms with Crippen LogP contribution in [-0.2, 0) is 39.0 Å². The molecule has 3 aromatic heterocycles. The van der Waals surface area contributed by atoms with Gasteiger partial charge < -0.3 is 10.2 Å². The molecule has 0 unspecified atom stereocenters. The molecule has 3 heterocycles. The molecule has 0 atom stereocenters. The van der Waals surface area contributed by atoms with Gasteiger partial charge in [0.15, 0.2) is 5.82 Å². The molecule has 0 fully saturated rings. The number of hydrogen-bond donors (Lipinski definition) is 1. The summed E-state index contributed by atoms with van der Waals surface area (Å²) >= 11 is 0. The summed E-state index contributed by atoms with van der Waals surface area (Å²) in [6, 6.07) is 7.30. The zero-order chi connectivity index (χ0) is 25.4.